The number of fused-ring (bicyclic) bond motifs is 7. The highest BCUT2D eigenvalue weighted by Crippen LogP contribution is 2.78. The third kappa shape index (κ3) is 4.10. The van der Waals surface area contributed by atoms with Crippen LogP contribution < -0.4 is 0 Å². The Balaban J connectivity index is 1.37. The molecule has 0 aromatic carbocycles. The van der Waals surface area contributed by atoms with Crippen molar-refractivity contribution in [2.75, 3.05) is 6.61 Å². The van der Waals surface area contributed by atoms with Crippen LogP contribution in [-0.4, -0.2) is 12.6 Å². The van der Waals surface area contributed by atoms with E-state index in [-0.39, 0.29) is 5.97 Å². The lowest BCUT2D eigenvalue weighted by Gasteiger charge is -2.73. The van der Waals surface area contributed by atoms with Crippen molar-refractivity contribution >= 4 is 5.97 Å². The molecule has 5 aliphatic rings. The average molecular weight is 513 g/mol. The molecular formula is C35H60O2. The lowest BCUT2D eigenvalue weighted by molar-refractivity contribution is -0.245. The van der Waals surface area contributed by atoms with E-state index in [4.69, 9.17) is 4.74 Å². The summed E-state index contributed by atoms with van der Waals surface area (Å²) in [6.07, 6.45) is 16.8. The minimum atomic E-state index is -0.133. The van der Waals surface area contributed by atoms with Gasteiger partial charge in [-0.05, 0) is 146 Å². The molecule has 5 fully saturated rings. The summed E-state index contributed by atoms with van der Waals surface area (Å²) < 4.78 is 5.25. The Morgan fingerprint density at radius 2 is 1.43 bits per heavy atom. The van der Waals surface area contributed by atoms with Crippen LogP contribution in [0, 0.1) is 68.5 Å². The largest absolute Gasteiger partial charge is 0.466 e. The highest BCUT2D eigenvalue weighted by atomic mass is 16.5. The SMILES string of the molecule is CC(=O)OCCCC(C)[C@H]1CC[C@]2(C)[C@H]3CC[C@@H]4[C@@]5(C)C[C@H](C)CC(C)(C)[C@@H]5CC[C@@]4(C)[C@]3(C)CC[C@@H]12. The number of hydrogen-bond acceptors (Lipinski definition) is 2. The van der Waals surface area contributed by atoms with Crippen LogP contribution in [0.1, 0.15) is 139 Å². The van der Waals surface area contributed by atoms with E-state index < -0.39 is 0 Å². The van der Waals surface area contributed by atoms with Crippen LogP contribution in [-0.2, 0) is 9.53 Å². The highest BCUT2D eigenvalue weighted by Gasteiger charge is 2.70. The Kier molecular flexibility index (Phi) is 7.01. The van der Waals surface area contributed by atoms with Crippen LogP contribution in [0.25, 0.3) is 0 Å². The average Bonchev–Trinajstić information content (AvgIpc) is 3.13. The monoisotopic (exact) mass is 512 g/mol. The van der Waals surface area contributed by atoms with Crippen molar-refractivity contribution in [3.8, 4) is 0 Å². The molecule has 2 nitrogen and oxygen atoms in total. The molecule has 0 amide bonds. The molecule has 0 aliphatic heterocycles. The van der Waals surface area contributed by atoms with Crippen LogP contribution in [0.4, 0.5) is 0 Å². The minimum Gasteiger partial charge on any atom is -0.466 e. The summed E-state index contributed by atoms with van der Waals surface area (Å²) in [5.74, 6) is 5.96. The van der Waals surface area contributed by atoms with Gasteiger partial charge in [0, 0.05) is 6.92 Å². The molecule has 212 valence electrons. The first-order valence-corrected chi connectivity index (χ1v) is 16.3. The van der Waals surface area contributed by atoms with Gasteiger partial charge < -0.3 is 4.74 Å². The maximum Gasteiger partial charge on any atom is 0.302 e. The summed E-state index contributed by atoms with van der Waals surface area (Å²) in [6.45, 7) is 23.5. The number of ether oxygens (including phenoxy) is 1. The van der Waals surface area contributed by atoms with Gasteiger partial charge in [-0.15, -0.1) is 0 Å². The standard InChI is InChI=1S/C35H60O2/c1-23-21-31(4,5)28-16-19-35(9)30(33(28,7)22-23)13-12-29-32(6)17-14-26(27(32)15-18-34(29,35)8)24(2)11-10-20-37-25(3)36/h23-24,26-30H,10-22H2,1-9H3/t23-,24?,26-,27+,28+,29-,30-,32+,33+,34-,35-/m1/s1. The fourth-order valence-electron chi connectivity index (χ4n) is 13.6. The molecule has 11 atom stereocenters. The second-order valence-electron chi connectivity index (χ2n) is 16.9. The predicted octanol–water partition coefficient (Wildman–Crippen LogP) is 9.70. The molecule has 2 heteroatoms. The van der Waals surface area contributed by atoms with Crippen molar-refractivity contribution in [3.05, 3.63) is 0 Å². The van der Waals surface area contributed by atoms with Crippen LogP contribution in [0.2, 0.25) is 0 Å². The lowest BCUT2D eigenvalue weighted by atomic mass is 9.31. The second-order valence-corrected chi connectivity index (χ2v) is 16.9. The van der Waals surface area contributed by atoms with E-state index in [9.17, 15) is 4.79 Å². The molecule has 5 saturated carbocycles. The molecule has 0 radical (unpaired) electrons. The van der Waals surface area contributed by atoms with Gasteiger partial charge in [0.2, 0.25) is 0 Å². The Morgan fingerprint density at radius 3 is 2.08 bits per heavy atom. The number of rotatable bonds is 5. The molecule has 0 bridgehead atoms. The maximum atomic E-state index is 11.2. The van der Waals surface area contributed by atoms with Crippen molar-refractivity contribution in [2.45, 2.75) is 139 Å². The predicted molar refractivity (Wildman–Crippen MR) is 154 cm³/mol. The first-order valence-electron chi connectivity index (χ1n) is 16.3. The Labute approximate surface area is 229 Å². The summed E-state index contributed by atoms with van der Waals surface area (Å²) in [4.78, 5) is 11.2. The minimum absolute atomic E-state index is 0.133. The van der Waals surface area contributed by atoms with Crippen molar-refractivity contribution in [1.29, 1.82) is 0 Å². The summed E-state index contributed by atoms with van der Waals surface area (Å²) in [6, 6.07) is 0. The van der Waals surface area contributed by atoms with E-state index in [2.05, 4.69) is 55.4 Å². The summed E-state index contributed by atoms with van der Waals surface area (Å²) in [5, 5.41) is 0. The zero-order chi connectivity index (χ0) is 27.0. The third-order valence-corrected chi connectivity index (χ3v) is 14.7. The van der Waals surface area contributed by atoms with Crippen molar-refractivity contribution in [1.82, 2.24) is 0 Å². The molecule has 0 aromatic heterocycles. The topological polar surface area (TPSA) is 26.3 Å². The molecule has 0 saturated heterocycles. The number of carbonyl (C=O) groups is 1. The normalized spacial score (nSPS) is 51.3. The van der Waals surface area contributed by atoms with E-state index in [1.807, 2.05) is 0 Å². The van der Waals surface area contributed by atoms with Gasteiger partial charge in [-0.3, -0.25) is 4.79 Å². The van der Waals surface area contributed by atoms with Crippen molar-refractivity contribution in [3.63, 3.8) is 0 Å². The fraction of sp³-hybridized carbons (Fsp3) is 0.971. The molecule has 1 unspecified atom stereocenters. The number of hydrogen-bond donors (Lipinski definition) is 0. The summed E-state index contributed by atoms with van der Waals surface area (Å²) >= 11 is 0. The highest BCUT2D eigenvalue weighted by molar-refractivity contribution is 5.65. The molecule has 5 aliphatic carbocycles. The van der Waals surface area contributed by atoms with Gasteiger partial charge in [0.1, 0.15) is 0 Å². The van der Waals surface area contributed by atoms with Gasteiger partial charge in [0.05, 0.1) is 6.61 Å². The van der Waals surface area contributed by atoms with E-state index >= 15 is 0 Å². The maximum absolute atomic E-state index is 11.2. The van der Waals surface area contributed by atoms with Crippen LogP contribution >= 0.6 is 0 Å². The number of esters is 1. The van der Waals surface area contributed by atoms with Crippen molar-refractivity contribution in [2.24, 2.45) is 68.5 Å². The molecule has 0 spiro atoms. The number of carbonyl (C=O) groups excluding carboxylic acids is 1. The zero-order valence-corrected chi connectivity index (χ0v) is 26.1. The first-order chi connectivity index (χ1) is 17.2. The lowest BCUT2D eigenvalue weighted by Crippen LogP contribution is -2.66. The summed E-state index contributed by atoms with van der Waals surface area (Å²) in [7, 11) is 0. The molecule has 0 aromatic rings. The third-order valence-electron chi connectivity index (χ3n) is 14.7. The molecule has 0 N–H and O–H groups in total. The molecule has 0 heterocycles. The van der Waals surface area contributed by atoms with E-state index in [1.165, 1.54) is 77.6 Å². The molecule has 37 heavy (non-hydrogen) atoms. The van der Waals surface area contributed by atoms with Gasteiger partial charge in [0.25, 0.3) is 0 Å². The zero-order valence-electron chi connectivity index (χ0n) is 26.1. The second kappa shape index (κ2) is 9.26. The van der Waals surface area contributed by atoms with Gasteiger partial charge in [-0.25, -0.2) is 0 Å². The first kappa shape index (κ1) is 28.0. The smallest absolute Gasteiger partial charge is 0.302 e. The van der Waals surface area contributed by atoms with Crippen LogP contribution in [0.3, 0.4) is 0 Å². The van der Waals surface area contributed by atoms with Gasteiger partial charge in [-0.2, -0.15) is 0 Å². The van der Waals surface area contributed by atoms with E-state index in [0.29, 0.717) is 33.7 Å². The Morgan fingerprint density at radius 1 is 0.811 bits per heavy atom. The quantitative estimate of drug-likeness (QED) is 0.271. The van der Waals surface area contributed by atoms with Crippen molar-refractivity contribution < 1.29 is 9.53 Å². The van der Waals surface area contributed by atoms with E-state index in [0.717, 1.165) is 47.8 Å². The van der Waals surface area contributed by atoms with Gasteiger partial charge >= 0.3 is 5.97 Å². The molecular weight excluding hydrogens is 452 g/mol. The van der Waals surface area contributed by atoms with E-state index in [1.54, 1.807) is 0 Å². The van der Waals surface area contributed by atoms with Gasteiger partial charge in [0.15, 0.2) is 0 Å². The van der Waals surface area contributed by atoms with Crippen LogP contribution in [0.15, 0.2) is 0 Å². The van der Waals surface area contributed by atoms with Gasteiger partial charge in [-0.1, -0.05) is 55.4 Å². The van der Waals surface area contributed by atoms with Crippen LogP contribution in [0.5, 0.6) is 0 Å². The Bertz CT molecular complexity index is 876. The Hall–Kier alpha value is -0.530. The molecule has 5 rings (SSSR count). The fourth-order valence-corrected chi connectivity index (χ4v) is 13.6. The summed E-state index contributed by atoms with van der Waals surface area (Å²) in [5.41, 5.74) is 2.53.